The van der Waals surface area contributed by atoms with E-state index >= 15 is 0 Å². The zero-order valence-electron chi connectivity index (χ0n) is 21.4. The number of aryl methyl sites for hydroxylation is 3. The average Bonchev–Trinajstić information content (AvgIpc) is 3.08. The van der Waals surface area contributed by atoms with Crippen molar-refractivity contribution >= 4 is 22.8 Å². The van der Waals surface area contributed by atoms with Crippen LogP contribution in [0.3, 0.4) is 0 Å². The molecule has 5 rings (SSSR count). The number of hydrogen-bond acceptors (Lipinski definition) is 5. The lowest BCUT2D eigenvalue weighted by Gasteiger charge is -2.24. The average molecular weight is 483 g/mol. The normalized spacial score (nSPS) is 14.3. The fourth-order valence-corrected chi connectivity index (χ4v) is 4.92. The molecule has 0 bridgehead atoms. The molecule has 7 heteroatoms. The van der Waals surface area contributed by atoms with Crippen molar-refractivity contribution < 1.29 is 4.79 Å². The Balaban J connectivity index is 1.46. The number of carbonyl (C=O) groups excluding carboxylic acids is 1. The smallest absolute Gasteiger partial charge is 0.253 e. The molecule has 2 aromatic heterocycles. The molecule has 7 nitrogen and oxygen atoms in total. The largest absolute Gasteiger partial charge is 0.354 e. The molecule has 0 N–H and O–H groups in total. The topological polar surface area (TPSA) is 67.2 Å². The lowest BCUT2D eigenvalue weighted by atomic mass is 10.1. The number of aromatic nitrogens is 4. The highest BCUT2D eigenvalue weighted by Gasteiger charge is 2.25. The standard InChI is InChI=1S/C29H34N6O/c1-4-10-25-30-27(26-21(3)32-35(28(26)31-25)24-11-7-6-8-12-24)33-17-9-18-34(20-19-33)29(36)23-15-13-22(5-2)14-16-23/h6-8,11-16H,4-5,9-10,17-20H2,1-3H3. The van der Waals surface area contributed by atoms with Crippen LogP contribution < -0.4 is 4.90 Å². The van der Waals surface area contributed by atoms with Gasteiger partial charge >= 0.3 is 0 Å². The quantitative estimate of drug-likeness (QED) is 0.387. The van der Waals surface area contributed by atoms with Crippen molar-refractivity contribution in [3.8, 4) is 5.69 Å². The molecule has 1 fully saturated rings. The molecule has 1 amide bonds. The van der Waals surface area contributed by atoms with Gasteiger partial charge in [0, 0.05) is 38.2 Å². The van der Waals surface area contributed by atoms with E-state index in [1.54, 1.807) is 0 Å². The molecule has 0 saturated carbocycles. The number of carbonyl (C=O) groups is 1. The number of hydrogen-bond donors (Lipinski definition) is 0. The molecule has 0 radical (unpaired) electrons. The monoisotopic (exact) mass is 482 g/mol. The van der Waals surface area contributed by atoms with E-state index in [1.165, 1.54) is 5.56 Å². The Hall–Kier alpha value is -3.74. The van der Waals surface area contributed by atoms with Crippen LogP contribution in [0, 0.1) is 6.92 Å². The molecule has 1 aliphatic heterocycles. The number of para-hydroxylation sites is 1. The Morgan fingerprint density at radius 3 is 2.42 bits per heavy atom. The Morgan fingerprint density at radius 1 is 0.917 bits per heavy atom. The Labute approximate surface area is 212 Å². The molecule has 1 aliphatic rings. The van der Waals surface area contributed by atoms with Crippen molar-refractivity contribution in [3.05, 3.63) is 77.2 Å². The summed E-state index contributed by atoms with van der Waals surface area (Å²) in [4.78, 5) is 27.5. The lowest BCUT2D eigenvalue weighted by molar-refractivity contribution is 0.0767. The third kappa shape index (κ3) is 4.70. The number of fused-ring (bicyclic) bond motifs is 1. The SMILES string of the molecule is CCCc1nc(N2CCCN(C(=O)c3ccc(CC)cc3)CC2)c2c(C)nn(-c3ccccc3)c2n1. The minimum Gasteiger partial charge on any atom is -0.354 e. The number of benzene rings is 2. The van der Waals surface area contributed by atoms with E-state index in [1.807, 2.05) is 46.8 Å². The third-order valence-corrected chi connectivity index (χ3v) is 6.90. The Bertz CT molecular complexity index is 1350. The highest BCUT2D eigenvalue weighted by atomic mass is 16.2. The molecule has 1 saturated heterocycles. The predicted molar refractivity (Wildman–Crippen MR) is 144 cm³/mol. The summed E-state index contributed by atoms with van der Waals surface area (Å²) in [6, 6.07) is 18.2. The van der Waals surface area contributed by atoms with Crippen LogP contribution in [-0.4, -0.2) is 56.7 Å². The van der Waals surface area contributed by atoms with Gasteiger partial charge in [-0.15, -0.1) is 0 Å². The van der Waals surface area contributed by atoms with Crippen LogP contribution in [-0.2, 0) is 12.8 Å². The summed E-state index contributed by atoms with van der Waals surface area (Å²) in [5.41, 5.74) is 4.76. The lowest BCUT2D eigenvalue weighted by Crippen LogP contribution is -2.35. The van der Waals surface area contributed by atoms with Gasteiger partial charge < -0.3 is 9.80 Å². The van der Waals surface area contributed by atoms with Gasteiger partial charge in [0.15, 0.2) is 5.65 Å². The summed E-state index contributed by atoms with van der Waals surface area (Å²) in [7, 11) is 0. The number of rotatable bonds is 6. The molecule has 0 spiro atoms. The van der Waals surface area contributed by atoms with Gasteiger partial charge in [0.1, 0.15) is 11.6 Å². The van der Waals surface area contributed by atoms with Crippen LogP contribution in [0.25, 0.3) is 16.7 Å². The van der Waals surface area contributed by atoms with Gasteiger partial charge in [-0.2, -0.15) is 5.10 Å². The molecule has 3 heterocycles. The molecule has 0 aliphatic carbocycles. The third-order valence-electron chi connectivity index (χ3n) is 6.90. The van der Waals surface area contributed by atoms with Crippen LogP contribution in [0.1, 0.15) is 54.1 Å². The zero-order chi connectivity index (χ0) is 25.1. The molecule has 36 heavy (non-hydrogen) atoms. The van der Waals surface area contributed by atoms with E-state index in [0.29, 0.717) is 6.54 Å². The number of nitrogens with zero attached hydrogens (tertiary/aromatic N) is 6. The first-order valence-electron chi connectivity index (χ1n) is 13.0. The molecular weight excluding hydrogens is 448 g/mol. The molecule has 2 aromatic carbocycles. The minimum atomic E-state index is 0.104. The van der Waals surface area contributed by atoms with E-state index in [9.17, 15) is 4.79 Å². The van der Waals surface area contributed by atoms with E-state index < -0.39 is 0 Å². The highest BCUT2D eigenvalue weighted by Crippen LogP contribution is 2.30. The van der Waals surface area contributed by atoms with Crippen molar-refractivity contribution in [2.45, 2.75) is 46.5 Å². The highest BCUT2D eigenvalue weighted by molar-refractivity contribution is 5.94. The summed E-state index contributed by atoms with van der Waals surface area (Å²) in [5.74, 6) is 1.88. The van der Waals surface area contributed by atoms with Crippen LogP contribution in [0.5, 0.6) is 0 Å². The van der Waals surface area contributed by atoms with Crippen molar-refractivity contribution in [1.29, 1.82) is 0 Å². The van der Waals surface area contributed by atoms with E-state index in [2.05, 4.69) is 43.0 Å². The second-order valence-electron chi connectivity index (χ2n) is 9.43. The molecule has 0 atom stereocenters. The maximum atomic E-state index is 13.2. The Morgan fingerprint density at radius 2 is 1.69 bits per heavy atom. The van der Waals surface area contributed by atoms with Gasteiger partial charge in [-0.25, -0.2) is 14.6 Å². The van der Waals surface area contributed by atoms with Gasteiger partial charge in [0.25, 0.3) is 5.91 Å². The second kappa shape index (κ2) is 10.5. The van der Waals surface area contributed by atoms with Gasteiger partial charge in [-0.1, -0.05) is 44.2 Å². The van der Waals surface area contributed by atoms with Crippen molar-refractivity contribution in [2.75, 3.05) is 31.1 Å². The molecule has 4 aromatic rings. The first kappa shape index (κ1) is 24.0. The van der Waals surface area contributed by atoms with Crippen molar-refractivity contribution in [1.82, 2.24) is 24.6 Å². The van der Waals surface area contributed by atoms with Crippen LogP contribution >= 0.6 is 0 Å². The van der Waals surface area contributed by atoms with Gasteiger partial charge in [0.2, 0.25) is 0 Å². The van der Waals surface area contributed by atoms with E-state index in [-0.39, 0.29) is 5.91 Å². The fourth-order valence-electron chi connectivity index (χ4n) is 4.92. The van der Waals surface area contributed by atoms with Gasteiger partial charge in [0.05, 0.1) is 16.8 Å². The summed E-state index contributed by atoms with van der Waals surface area (Å²) in [5, 5.41) is 5.85. The first-order valence-corrected chi connectivity index (χ1v) is 13.0. The van der Waals surface area contributed by atoms with E-state index in [4.69, 9.17) is 15.1 Å². The minimum absolute atomic E-state index is 0.104. The zero-order valence-corrected chi connectivity index (χ0v) is 21.4. The van der Waals surface area contributed by atoms with Crippen LogP contribution in [0.4, 0.5) is 5.82 Å². The molecule has 0 unspecified atom stereocenters. The number of anilines is 1. The summed E-state index contributed by atoms with van der Waals surface area (Å²) in [6.07, 6.45) is 3.65. The summed E-state index contributed by atoms with van der Waals surface area (Å²) >= 11 is 0. The summed E-state index contributed by atoms with van der Waals surface area (Å²) < 4.78 is 1.93. The maximum Gasteiger partial charge on any atom is 0.253 e. The maximum absolute atomic E-state index is 13.2. The van der Waals surface area contributed by atoms with Gasteiger partial charge in [-0.3, -0.25) is 4.79 Å². The first-order chi connectivity index (χ1) is 17.6. The molecular formula is C29H34N6O. The second-order valence-corrected chi connectivity index (χ2v) is 9.43. The van der Waals surface area contributed by atoms with E-state index in [0.717, 1.165) is 84.9 Å². The van der Waals surface area contributed by atoms with Crippen molar-refractivity contribution in [2.24, 2.45) is 0 Å². The van der Waals surface area contributed by atoms with Gasteiger partial charge in [-0.05, 0) is 56.0 Å². The van der Waals surface area contributed by atoms with Crippen LogP contribution in [0.2, 0.25) is 0 Å². The Kier molecular flexibility index (Phi) is 6.98. The molecule has 186 valence electrons. The fraction of sp³-hybridized carbons (Fsp3) is 0.379. The van der Waals surface area contributed by atoms with Crippen LogP contribution in [0.15, 0.2) is 54.6 Å². The predicted octanol–water partition coefficient (Wildman–Crippen LogP) is 4.99. The number of amides is 1. The summed E-state index contributed by atoms with van der Waals surface area (Å²) in [6.45, 7) is 9.27. The van der Waals surface area contributed by atoms with Crippen molar-refractivity contribution in [3.63, 3.8) is 0 Å².